The number of piperidine rings is 1. The predicted molar refractivity (Wildman–Crippen MR) is 69.9 cm³/mol. The van der Waals surface area contributed by atoms with Gasteiger partial charge in [-0.1, -0.05) is 0 Å². The van der Waals surface area contributed by atoms with Crippen molar-refractivity contribution in [1.82, 2.24) is 15.2 Å². The van der Waals surface area contributed by atoms with E-state index in [2.05, 4.69) is 10.6 Å². The van der Waals surface area contributed by atoms with Gasteiger partial charge >= 0.3 is 0 Å². The van der Waals surface area contributed by atoms with Crippen molar-refractivity contribution in [3.8, 4) is 0 Å². The van der Waals surface area contributed by atoms with Crippen LogP contribution in [0.3, 0.4) is 0 Å². The minimum Gasteiger partial charge on any atom is -0.385 e. The molecule has 5 nitrogen and oxygen atoms in total. The van der Waals surface area contributed by atoms with Crippen LogP contribution in [0.4, 0.5) is 8.78 Å². The van der Waals surface area contributed by atoms with Crippen LogP contribution in [0.5, 0.6) is 0 Å². The lowest BCUT2D eigenvalue weighted by molar-refractivity contribution is -0.00276. The lowest BCUT2D eigenvalue weighted by atomic mass is 10.1. The summed E-state index contributed by atoms with van der Waals surface area (Å²) in [5.74, 6) is -0.437. The number of aliphatic hydroxyl groups excluding tert-OH is 1. The van der Waals surface area contributed by atoms with Crippen molar-refractivity contribution < 1.29 is 18.7 Å². The number of carbonyl (C=O) groups is 1. The fourth-order valence-corrected chi connectivity index (χ4v) is 2.37. The number of rotatable bonds is 5. The van der Waals surface area contributed by atoms with Crippen molar-refractivity contribution >= 4 is 5.91 Å². The molecule has 7 heteroatoms. The topological polar surface area (TPSA) is 66.3 Å². The van der Waals surface area contributed by atoms with Gasteiger partial charge in [-0.25, -0.2) is 8.78 Å². The minimum absolute atomic E-state index is 0.243. The lowest BCUT2D eigenvalue weighted by Gasteiger charge is -2.26. The molecule has 112 valence electrons. The summed E-state index contributed by atoms with van der Waals surface area (Å²) in [6, 6.07) is 3.67. The first-order valence-corrected chi connectivity index (χ1v) is 6.71. The number of halogens is 2. The van der Waals surface area contributed by atoms with E-state index in [0.29, 0.717) is 5.69 Å². The fraction of sp³-hybridized carbons (Fsp3) is 0.615. The van der Waals surface area contributed by atoms with Crippen molar-refractivity contribution in [3.63, 3.8) is 0 Å². The molecule has 2 heterocycles. The molecule has 1 aliphatic heterocycles. The Bertz CT molecular complexity index is 445. The molecule has 0 spiro atoms. The fourth-order valence-electron chi connectivity index (χ4n) is 2.37. The number of alkyl halides is 2. The van der Waals surface area contributed by atoms with Crippen LogP contribution < -0.4 is 10.6 Å². The van der Waals surface area contributed by atoms with Gasteiger partial charge in [-0.2, -0.15) is 0 Å². The van der Waals surface area contributed by atoms with E-state index in [9.17, 15) is 13.6 Å². The highest BCUT2D eigenvalue weighted by molar-refractivity contribution is 5.92. The quantitative estimate of drug-likeness (QED) is 0.749. The lowest BCUT2D eigenvalue weighted by Crippen LogP contribution is -2.37. The number of aromatic nitrogens is 1. The highest BCUT2D eigenvalue weighted by Crippen LogP contribution is 2.21. The second-order valence-electron chi connectivity index (χ2n) is 4.89. The van der Waals surface area contributed by atoms with Crippen LogP contribution in [0.25, 0.3) is 0 Å². The zero-order valence-corrected chi connectivity index (χ0v) is 11.1. The maximum atomic E-state index is 12.2. The van der Waals surface area contributed by atoms with Gasteiger partial charge in [0.2, 0.25) is 0 Å². The predicted octanol–water partition coefficient (Wildman–Crippen LogP) is 0.768. The van der Waals surface area contributed by atoms with Gasteiger partial charge in [-0.3, -0.25) is 4.79 Å². The van der Waals surface area contributed by atoms with E-state index in [-0.39, 0.29) is 6.04 Å². The first-order valence-electron chi connectivity index (χ1n) is 6.71. The molecule has 0 aliphatic carbocycles. The van der Waals surface area contributed by atoms with Crippen molar-refractivity contribution in [3.05, 3.63) is 24.0 Å². The SMILES string of the molecule is O=C(NCC(O)C(F)F)c1cccn1C1CCNCC1. The van der Waals surface area contributed by atoms with E-state index < -0.39 is 25.0 Å². The molecule has 0 radical (unpaired) electrons. The molecule has 1 saturated heterocycles. The van der Waals surface area contributed by atoms with Gasteiger partial charge in [0.1, 0.15) is 11.8 Å². The van der Waals surface area contributed by atoms with Crippen LogP contribution in [0.1, 0.15) is 29.4 Å². The van der Waals surface area contributed by atoms with Gasteiger partial charge in [0.15, 0.2) is 0 Å². The summed E-state index contributed by atoms with van der Waals surface area (Å²) in [7, 11) is 0. The monoisotopic (exact) mass is 287 g/mol. The molecule has 1 atom stereocenters. The summed E-state index contributed by atoms with van der Waals surface area (Å²) in [6.07, 6.45) is -1.01. The second kappa shape index (κ2) is 6.81. The molecule has 3 N–H and O–H groups in total. The van der Waals surface area contributed by atoms with Crippen LogP contribution in [-0.4, -0.2) is 47.7 Å². The maximum absolute atomic E-state index is 12.2. The molecule has 0 bridgehead atoms. The number of nitrogens with one attached hydrogen (secondary N) is 2. The Hall–Kier alpha value is -1.47. The zero-order chi connectivity index (χ0) is 14.5. The summed E-state index contributed by atoms with van der Waals surface area (Å²) in [4.78, 5) is 12.0. The van der Waals surface area contributed by atoms with Gasteiger partial charge in [0.25, 0.3) is 12.3 Å². The molecule has 1 aromatic rings. The third-order valence-corrected chi connectivity index (χ3v) is 3.48. The molecule has 1 aliphatic rings. The molecule has 1 amide bonds. The smallest absolute Gasteiger partial charge is 0.268 e. The molecule has 1 fully saturated rings. The first-order chi connectivity index (χ1) is 9.59. The van der Waals surface area contributed by atoms with Gasteiger partial charge in [-0.15, -0.1) is 0 Å². The van der Waals surface area contributed by atoms with Crippen LogP contribution in [0, 0.1) is 0 Å². The van der Waals surface area contributed by atoms with Crippen molar-refractivity contribution in [1.29, 1.82) is 0 Å². The van der Waals surface area contributed by atoms with Crippen LogP contribution in [-0.2, 0) is 0 Å². The molecule has 20 heavy (non-hydrogen) atoms. The molecular formula is C13H19F2N3O2. The second-order valence-corrected chi connectivity index (χ2v) is 4.89. The van der Waals surface area contributed by atoms with Crippen LogP contribution in [0.15, 0.2) is 18.3 Å². The molecular weight excluding hydrogens is 268 g/mol. The summed E-state index contributed by atoms with van der Waals surface area (Å²) < 4.78 is 26.2. The van der Waals surface area contributed by atoms with Gasteiger partial charge in [0, 0.05) is 18.8 Å². The highest BCUT2D eigenvalue weighted by atomic mass is 19.3. The minimum atomic E-state index is -2.86. The van der Waals surface area contributed by atoms with Gasteiger partial charge < -0.3 is 20.3 Å². The highest BCUT2D eigenvalue weighted by Gasteiger charge is 2.22. The summed E-state index contributed by atoms with van der Waals surface area (Å²) in [5.41, 5.74) is 0.443. The van der Waals surface area contributed by atoms with E-state index in [4.69, 9.17) is 5.11 Å². The van der Waals surface area contributed by atoms with E-state index in [1.54, 1.807) is 12.1 Å². The van der Waals surface area contributed by atoms with Gasteiger partial charge in [-0.05, 0) is 38.1 Å². The molecule has 2 rings (SSSR count). The number of aliphatic hydroxyl groups is 1. The Labute approximate surface area is 116 Å². The average molecular weight is 287 g/mol. The third-order valence-electron chi connectivity index (χ3n) is 3.48. The Morgan fingerprint density at radius 1 is 1.50 bits per heavy atom. The molecule has 1 unspecified atom stereocenters. The van der Waals surface area contributed by atoms with Crippen LogP contribution in [0.2, 0.25) is 0 Å². The van der Waals surface area contributed by atoms with E-state index >= 15 is 0 Å². The normalized spacial score (nSPS) is 18.2. The Morgan fingerprint density at radius 2 is 2.20 bits per heavy atom. The number of carbonyl (C=O) groups excluding carboxylic acids is 1. The third kappa shape index (κ3) is 3.55. The number of hydrogen-bond acceptors (Lipinski definition) is 3. The van der Waals surface area contributed by atoms with E-state index in [1.807, 2.05) is 10.8 Å². The van der Waals surface area contributed by atoms with E-state index in [1.165, 1.54) is 0 Å². The van der Waals surface area contributed by atoms with Gasteiger partial charge in [0.05, 0.1) is 0 Å². The molecule has 0 saturated carbocycles. The maximum Gasteiger partial charge on any atom is 0.268 e. The van der Waals surface area contributed by atoms with Crippen molar-refractivity contribution in [2.45, 2.75) is 31.4 Å². The molecule has 0 aromatic carbocycles. The number of hydrogen-bond donors (Lipinski definition) is 3. The number of amides is 1. The molecule has 1 aromatic heterocycles. The Morgan fingerprint density at radius 3 is 2.85 bits per heavy atom. The number of nitrogens with zero attached hydrogens (tertiary/aromatic N) is 1. The summed E-state index contributed by atoms with van der Waals surface area (Å²) in [5, 5.41) is 14.6. The first kappa shape index (κ1) is 14.9. The van der Waals surface area contributed by atoms with Crippen LogP contribution >= 0.6 is 0 Å². The van der Waals surface area contributed by atoms with Crippen molar-refractivity contribution in [2.24, 2.45) is 0 Å². The average Bonchev–Trinajstić information content (AvgIpc) is 2.94. The largest absolute Gasteiger partial charge is 0.385 e. The standard InChI is InChI=1S/C13H19F2N3O2/c14-12(15)11(19)8-17-13(20)10-2-1-7-18(10)9-3-5-16-6-4-9/h1-2,7,9,11-12,16,19H,3-6,8H2,(H,17,20). The Balaban J connectivity index is 1.98. The Kier molecular flexibility index (Phi) is 5.08. The van der Waals surface area contributed by atoms with E-state index in [0.717, 1.165) is 25.9 Å². The van der Waals surface area contributed by atoms with Crippen molar-refractivity contribution in [2.75, 3.05) is 19.6 Å². The summed E-state index contributed by atoms with van der Waals surface area (Å²) >= 11 is 0. The zero-order valence-electron chi connectivity index (χ0n) is 11.1. The summed E-state index contributed by atoms with van der Waals surface area (Å²) in [6.45, 7) is 1.34.